The quantitative estimate of drug-likeness (QED) is 0.629. The Morgan fingerprint density at radius 2 is 1.55 bits per heavy atom. The summed E-state index contributed by atoms with van der Waals surface area (Å²) in [4.78, 5) is 33.4. The van der Waals surface area contributed by atoms with Crippen LogP contribution in [0, 0.1) is 0 Å². The van der Waals surface area contributed by atoms with E-state index in [1.54, 1.807) is 18.5 Å². The van der Waals surface area contributed by atoms with Crippen molar-refractivity contribution in [2.24, 2.45) is 0 Å². The van der Waals surface area contributed by atoms with E-state index in [0.29, 0.717) is 17.8 Å². The largest absolute Gasteiger partial charge is 0.444 e. The zero-order valence-corrected chi connectivity index (χ0v) is 17.9. The molecule has 2 amide bonds. The van der Waals surface area contributed by atoms with E-state index >= 15 is 0 Å². The van der Waals surface area contributed by atoms with Gasteiger partial charge in [-0.1, -0.05) is 36.4 Å². The molecule has 3 rings (SSSR count). The molecule has 0 saturated carbocycles. The van der Waals surface area contributed by atoms with Crippen LogP contribution in [0.1, 0.15) is 42.5 Å². The number of aromatic nitrogens is 2. The lowest BCUT2D eigenvalue weighted by atomic mass is 9.98. The van der Waals surface area contributed by atoms with Gasteiger partial charge in [0.05, 0.1) is 12.2 Å². The van der Waals surface area contributed by atoms with E-state index in [2.05, 4.69) is 20.6 Å². The monoisotopic (exact) mass is 418 g/mol. The first-order valence-corrected chi connectivity index (χ1v) is 10.0. The van der Waals surface area contributed by atoms with Crippen LogP contribution in [0.15, 0.2) is 67.0 Å². The van der Waals surface area contributed by atoms with Crippen LogP contribution in [0.2, 0.25) is 0 Å². The molecule has 0 saturated heterocycles. The molecule has 0 fully saturated rings. The van der Waals surface area contributed by atoms with Crippen molar-refractivity contribution in [1.29, 1.82) is 0 Å². The molecular weight excluding hydrogens is 392 g/mol. The van der Waals surface area contributed by atoms with Crippen LogP contribution < -0.4 is 10.6 Å². The number of carbonyl (C=O) groups excluding carboxylic acids is 2. The first kappa shape index (κ1) is 22.0. The summed E-state index contributed by atoms with van der Waals surface area (Å²) in [5.41, 5.74) is 2.84. The molecule has 0 aliphatic heterocycles. The normalized spacial score (nSPS) is 10.9. The second-order valence-electron chi connectivity index (χ2n) is 7.92. The molecule has 0 atom stereocenters. The molecule has 2 aromatic heterocycles. The zero-order chi connectivity index (χ0) is 22.3. The Morgan fingerprint density at radius 3 is 2.29 bits per heavy atom. The number of hydrogen-bond acceptors (Lipinski definition) is 5. The predicted molar refractivity (Wildman–Crippen MR) is 118 cm³/mol. The summed E-state index contributed by atoms with van der Waals surface area (Å²) in [5.74, 6) is -0.295. The minimum atomic E-state index is -0.578. The van der Waals surface area contributed by atoms with Gasteiger partial charge in [-0.15, -0.1) is 0 Å². The third kappa shape index (κ3) is 6.37. The second-order valence-corrected chi connectivity index (χ2v) is 7.92. The van der Waals surface area contributed by atoms with Crippen molar-refractivity contribution in [3.8, 4) is 11.1 Å². The third-order valence-corrected chi connectivity index (χ3v) is 4.31. The van der Waals surface area contributed by atoms with E-state index < -0.39 is 11.7 Å². The predicted octanol–water partition coefficient (Wildman–Crippen LogP) is 4.10. The SMILES string of the molecule is CC(C)(C)OC(=O)NCc1ccccc1-c1cccnc1C(=O)NCc1ccccn1. The summed E-state index contributed by atoms with van der Waals surface area (Å²) in [6, 6.07) is 16.7. The Hall–Kier alpha value is -3.74. The van der Waals surface area contributed by atoms with Crippen LogP contribution in [0.5, 0.6) is 0 Å². The van der Waals surface area contributed by atoms with Gasteiger partial charge >= 0.3 is 6.09 Å². The number of alkyl carbamates (subject to hydrolysis) is 1. The zero-order valence-electron chi connectivity index (χ0n) is 17.9. The molecule has 0 bridgehead atoms. The van der Waals surface area contributed by atoms with Crippen molar-refractivity contribution in [3.05, 3.63) is 83.9 Å². The molecule has 0 unspecified atom stereocenters. The molecule has 3 aromatic rings. The van der Waals surface area contributed by atoms with Crippen molar-refractivity contribution < 1.29 is 14.3 Å². The van der Waals surface area contributed by atoms with E-state index in [1.165, 1.54) is 0 Å². The summed E-state index contributed by atoms with van der Waals surface area (Å²) in [6.45, 7) is 6.00. The molecule has 7 heteroatoms. The summed E-state index contributed by atoms with van der Waals surface area (Å²) in [6.07, 6.45) is 2.77. The fraction of sp³-hybridized carbons (Fsp3) is 0.250. The van der Waals surface area contributed by atoms with Gasteiger partial charge in [-0.2, -0.15) is 0 Å². The Morgan fingerprint density at radius 1 is 0.839 bits per heavy atom. The third-order valence-electron chi connectivity index (χ3n) is 4.31. The highest BCUT2D eigenvalue weighted by molar-refractivity contribution is 5.99. The van der Waals surface area contributed by atoms with Crippen LogP contribution in [0.25, 0.3) is 11.1 Å². The molecule has 0 aliphatic carbocycles. The number of carbonyl (C=O) groups is 2. The van der Waals surface area contributed by atoms with Gasteiger partial charge in [0.2, 0.25) is 0 Å². The van der Waals surface area contributed by atoms with Gasteiger partial charge in [0.25, 0.3) is 5.91 Å². The molecular formula is C24H26N4O3. The highest BCUT2D eigenvalue weighted by atomic mass is 16.6. The Balaban J connectivity index is 1.79. The summed E-state index contributed by atoms with van der Waals surface area (Å²) in [5, 5.41) is 5.64. The van der Waals surface area contributed by atoms with E-state index in [0.717, 1.165) is 16.8 Å². The van der Waals surface area contributed by atoms with Crippen LogP contribution in [-0.2, 0) is 17.8 Å². The van der Waals surface area contributed by atoms with Crippen molar-refractivity contribution in [1.82, 2.24) is 20.6 Å². The number of pyridine rings is 2. The number of amides is 2. The van der Waals surface area contributed by atoms with E-state index in [1.807, 2.05) is 69.3 Å². The standard InChI is InChI=1S/C24H26N4O3/c1-24(2,3)31-23(30)28-15-17-9-4-5-11-19(17)20-12-8-14-26-21(20)22(29)27-16-18-10-6-7-13-25-18/h4-14H,15-16H2,1-3H3,(H,27,29)(H,28,30). The van der Waals surface area contributed by atoms with Gasteiger partial charge in [-0.05, 0) is 50.1 Å². The van der Waals surface area contributed by atoms with E-state index in [9.17, 15) is 9.59 Å². The van der Waals surface area contributed by atoms with Crippen LogP contribution in [0.3, 0.4) is 0 Å². The number of rotatable bonds is 6. The molecule has 2 N–H and O–H groups in total. The van der Waals surface area contributed by atoms with Crippen LogP contribution in [0.4, 0.5) is 4.79 Å². The first-order chi connectivity index (χ1) is 14.8. The minimum absolute atomic E-state index is 0.259. The van der Waals surface area contributed by atoms with Gasteiger partial charge in [0, 0.05) is 24.5 Å². The summed E-state index contributed by atoms with van der Waals surface area (Å²) >= 11 is 0. The second kappa shape index (κ2) is 9.84. The van der Waals surface area contributed by atoms with Gasteiger partial charge in [-0.25, -0.2) is 4.79 Å². The summed E-state index contributed by atoms with van der Waals surface area (Å²) in [7, 11) is 0. The molecule has 2 heterocycles. The molecule has 0 aliphatic rings. The molecule has 0 spiro atoms. The smallest absolute Gasteiger partial charge is 0.407 e. The maximum atomic E-state index is 12.9. The lowest BCUT2D eigenvalue weighted by molar-refractivity contribution is 0.0523. The number of benzene rings is 1. The van der Waals surface area contributed by atoms with Crippen molar-refractivity contribution in [2.75, 3.05) is 0 Å². The van der Waals surface area contributed by atoms with Crippen LogP contribution in [-0.4, -0.2) is 27.6 Å². The van der Waals surface area contributed by atoms with Gasteiger partial charge < -0.3 is 15.4 Å². The number of hydrogen-bond donors (Lipinski definition) is 2. The van der Waals surface area contributed by atoms with Crippen LogP contribution >= 0.6 is 0 Å². The van der Waals surface area contributed by atoms with Crippen molar-refractivity contribution in [2.45, 2.75) is 39.5 Å². The Bertz CT molecular complexity index is 1050. The first-order valence-electron chi connectivity index (χ1n) is 10.0. The maximum Gasteiger partial charge on any atom is 0.407 e. The van der Waals surface area contributed by atoms with Gasteiger partial charge in [-0.3, -0.25) is 14.8 Å². The minimum Gasteiger partial charge on any atom is -0.444 e. The molecule has 31 heavy (non-hydrogen) atoms. The molecule has 7 nitrogen and oxygen atoms in total. The van der Waals surface area contributed by atoms with E-state index in [-0.39, 0.29) is 12.5 Å². The highest BCUT2D eigenvalue weighted by Crippen LogP contribution is 2.26. The Kier molecular flexibility index (Phi) is 6.97. The lowest BCUT2D eigenvalue weighted by Gasteiger charge is -2.20. The van der Waals surface area contributed by atoms with Gasteiger partial charge in [0.1, 0.15) is 11.3 Å². The Labute approximate surface area is 181 Å². The molecule has 160 valence electrons. The number of nitrogens with zero attached hydrogens (tertiary/aromatic N) is 2. The summed E-state index contributed by atoms with van der Waals surface area (Å²) < 4.78 is 5.31. The fourth-order valence-electron chi connectivity index (χ4n) is 2.98. The molecule has 0 radical (unpaired) electrons. The highest BCUT2D eigenvalue weighted by Gasteiger charge is 2.18. The fourth-order valence-corrected chi connectivity index (χ4v) is 2.98. The van der Waals surface area contributed by atoms with Crippen molar-refractivity contribution in [3.63, 3.8) is 0 Å². The van der Waals surface area contributed by atoms with E-state index in [4.69, 9.17) is 4.74 Å². The average Bonchev–Trinajstić information content (AvgIpc) is 2.76. The number of nitrogens with one attached hydrogen (secondary N) is 2. The lowest BCUT2D eigenvalue weighted by Crippen LogP contribution is -2.32. The topological polar surface area (TPSA) is 93.2 Å². The average molecular weight is 418 g/mol. The number of ether oxygens (including phenoxy) is 1. The van der Waals surface area contributed by atoms with Crippen molar-refractivity contribution >= 4 is 12.0 Å². The molecule has 1 aromatic carbocycles. The van der Waals surface area contributed by atoms with Gasteiger partial charge in [0.15, 0.2) is 0 Å². The maximum absolute atomic E-state index is 12.9.